The molecule has 2 heterocycles. The molecule has 0 radical (unpaired) electrons. The van der Waals surface area contributed by atoms with E-state index >= 15 is 0 Å². The van der Waals surface area contributed by atoms with Crippen LogP contribution in [0, 0.1) is 0 Å². The summed E-state index contributed by atoms with van der Waals surface area (Å²) in [7, 11) is 0. The molecule has 1 N–H and O–H groups in total. The highest BCUT2D eigenvalue weighted by Crippen LogP contribution is 2.27. The third-order valence-corrected chi connectivity index (χ3v) is 2.66. The van der Waals surface area contributed by atoms with E-state index in [4.69, 9.17) is 4.52 Å². The van der Waals surface area contributed by atoms with Gasteiger partial charge in [-0.2, -0.15) is 4.98 Å². The Balaban J connectivity index is 0.00000128. The molecule has 1 fully saturated rings. The number of hydrogen-bond acceptors (Lipinski definition) is 4. The Morgan fingerprint density at radius 2 is 2.00 bits per heavy atom. The fourth-order valence-electron chi connectivity index (χ4n) is 1.71. The fourth-order valence-corrected chi connectivity index (χ4v) is 1.71. The van der Waals surface area contributed by atoms with Crippen molar-refractivity contribution >= 4 is 12.4 Å². The Morgan fingerprint density at radius 1 is 1.38 bits per heavy atom. The van der Waals surface area contributed by atoms with Gasteiger partial charge in [0.1, 0.15) is 0 Å². The molecule has 6 heteroatoms. The number of hydrogen-bond donors (Lipinski definition) is 1. The van der Waals surface area contributed by atoms with Gasteiger partial charge in [0.25, 0.3) is 0 Å². The lowest BCUT2D eigenvalue weighted by Gasteiger charge is -2.18. The van der Waals surface area contributed by atoms with Crippen molar-refractivity contribution in [3.8, 4) is 0 Å². The quantitative estimate of drug-likeness (QED) is 0.873. The van der Waals surface area contributed by atoms with Crippen molar-refractivity contribution in [1.29, 1.82) is 0 Å². The number of alkyl halides is 1. The molecule has 0 unspecified atom stereocenters. The first kappa shape index (κ1) is 13.4. The third-order valence-electron chi connectivity index (χ3n) is 2.66. The van der Waals surface area contributed by atoms with Crippen molar-refractivity contribution in [2.75, 3.05) is 13.1 Å². The molecule has 16 heavy (non-hydrogen) atoms. The molecule has 0 aliphatic carbocycles. The number of rotatable bonds is 2. The maximum atomic E-state index is 13.5. The van der Waals surface area contributed by atoms with Crippen LogP contribution in [0.3, 0.4) is 0 Å². The minimum Gasteiger partial charge on any atom is -0.339 e. The van der Waals surface area contributed by atoms with E-state index in [2.05, 4.69) is 15.5 Å². The van der Waals surface area contributed by atoms with Crippen LogP contribution in [0.2, 0.25) is 0 Å². The van der Waals surface area contributed by atoms with Crippen LogP contribution in [0.1, 0.15) is 44.3 Å². The van der Waals surface area contributed by atoms with Crippen LogP contribution in [0.15, 0.2) is 4.52 Å². The summed E-state index contributed by atoms with van der Waals surface area (Å²) in [4.78, 5) is 4.12. The Hall–Kier alpha value is -0.680. The summed E-state index contributed by atoms with van der Waals surface area (Å²) < 4.78 is 18.6. The lowest BCUT2D eigenvalue weighted by atomic mass is 9.98. The molecule has 0 atom stereocenters. The van der Waals surface area contributed by atoms with E-state index in [1.165, 1.54) is 13.8 Å². The molecule has 4 nitrogen and oxygen atoms in total. The molecule has 0 saturated carbocycles. The second-order valence-corrected chi connectivity index (χ2v) is 4.45. The SMILES string of the molecule is CC(C)(F)c1noc(C2CCNCC2)n1.Cl. The van der Waals surface area contributed by atoms with Gasteiger partial charge in [-0.3, -0.25) is 0 Å². The smallest absolute Gasteiger partial charge is 0.229 e. The largest absolute Gasteiger partial charge is 0.339 e. The number of halogens is 2. The molecule has 0 aromatic carbocycles. The molecule has 0 bridgehead atoms. The van der Waals surface area contributed by atoms with Gasteiger partial charge in [0, 0.05) is 5.92 Å². The molecule has 92 valence electrons. The first-order chi connectivity index (χ1) is 7.07. The standard InChI is InChI=1S/C10H16FN3O.ClH/c1-10(2,11)9-13-8(15-14-9)7-3-5-12-6-4-7;/h7,12H,3-6H2,1-2H3;1H. The van der Waals surface area contributed by atoms with Gasteiger partial charge in [0.2, 0.25) is 11.7 Å². The molecular weight excluding hydrogens is 233 g/mol. The number of aromatic nitrogens is 2. The summed E-state index contributed by atoms with van der Waals surface area (Å²) in [6.45, 7) is 4.79. The van der Waals surface area contributed by atoms with Gasteiger partial charge in [0.05, 0.1) is 0 Å². The van der Waals surface area contributed by atoms with Crippen LogP contribution in [-0.2, 0) is 5.67 Å². The average Bonchev–Trinajstić information content (AvgIpc) is 2.67. The van der Waals surface area contributed by atoms with Crippen LogP contribution in [0.5, 0.6) is 0 Å². The van der Waals surface area contributed by atoms with Crippen molar-refractivity contribution in [3.05, 3.63) is 11.7 Å². The molecule has 2 rings (SSSR count). The normalized spacial score (nSPS) is 18.2. The molecule has 1 aliphatic heterocycles. The highest BCUT2D eigenvalue weighted by atomic mass is 35.5. The Morgan fingerprint density at radius 3 is 2.50 bits per heavy atom. The predicted molar refractivity (Wildman–Crippen MR) is 60.5 cm³/mol. The summed E-state index contributed by atoms with van der Waals surface area (Å²) in [5.41, 5.74) is -1.52. The van der Waals surface area contributed by atoms with Crippen molar-refractivity contribution in [2.24, 2.45) is 0 Å². The van der Waals surface area contributed by atoms with Crippen molar-refractivity contribution < 1.29 is 8.91 Å². The summed E-state index contributed by atoms with van der Waals surface area (Å²) >= 11 is 0. The van der Waals surface area contributed by atoms with E-state index in [-0.39, 0.29) is 24.1 Å². The van der Waals surface area contributed by atoms with Crippen LogP contribution in [0.4, 0.5) is 4.39 Å². The summed E-state index contributed by atoms with van der Waals surface area (Å²) in [6, 6.07) is 0. The van der Waals surface area contributed by atoms with Gasteiger partial charge < -0.3 is 9.84 Å². The van der Waals surface area contributed by atoms with Gasteiger partial charge >= 0.3 is 0 Å². The maximum absolute atomic E-state index is 13.5. The van der Waals surface area contributed by atoms with E-state index < -0.39 is 5.67 Å². The predicted octanol–water partition coefficient (Wildman–Crippen LogP) is 2.16. The first-order valence-corrected chi connectivity index (χ1v) is 5.31. The topological polar surface area (TPSA) is 51.0 Å². The van der Waals surface area contributed by atoms with E-state index in [0.717, 1.165) is 25.9 Å². The minimum atomic E-state index is -1.52. The number of nitrogens with zero attached hydrogens (tertiary/aromatic N) is 2. The van der Waals surface area contributed by atoms with E-state index in [9.17, 15) is 4.39 Å². The van der Waals surface area contributed by atoms with Crippen LogP contribution in [0.25, 0.3) is 0 Å². The zero-order valence-corrected chi connectivity index (χ0v) is 10.3. The van der Waals surface area contributed by atoms with Crippen LogP contribution >= 0.6 is 12.4 Å². The van der Waals surface area contributed by atoms with Gasteiger partial charge in [0.15, 0.2) is 5.67 Å². The Bertz CT molecular complexity index is 331. The second-order valence-electron chi connectivity index (χ2n) is 4.45. The molecule has 0 amide bonds. The van der Waals surface area contributed by atoms with Crippen molar-refractivity contribution in [3.63, 3.8) is 0 Å². The molecule has 1 aliphatic rings. The highest BCUT2D eigenvalue weighted by molar-refractivity contribution is 5.85. The fraction of sp³-hybridized carbons (Fsp3) is 0.800. The zero-order chi connectivity index (χ0) is 10.9. The van der Waals surface area contributed by atoms with Gasteiger partial charge in [-0.25, -0.2) is 4.39 Å². The van der Waals surface area contributed by atoms with Gasteiger partial charge in [-0.05, 0) is 39.8 Å². The minimum absolute atomic E-state index is 0. The van der Waals surface area contributed by atoms with Crippen molar-refractivity contribution in [2.45, 2.75) is 38.3 Å². The van der Waals surface area contributed by atoms with Crippen molar-refractivity contribution in [1.82, 2.24) is 15.5 Å². The van der Waals surface area contributed by atoms with E-state index in [1.807, 2.05) is 0 Å². The Kier molecular flexibility index (Phi) is 4.27. The maximum Gasteiger partial charge on any atom is 0.229 e. The first-order valence-electron chi connectivity index (χ1n) is 5.31. The highest BCUT2D eigenvalue weighted by Gasteiger charge is 2.28. The molecular formula is C10H17ClFN3O. The lowest BCUT2D eigenvalue weighted by Crippen LogP contribution is -2.26. The average molecular weight is 250 g/mol. The van der Waals surface area contributed by atoms with E-state index in [1.54, 1.807) is 0 Å². The van der Waals surface area contributed by atoms with Gasteiger partial charge in [-0.1, -0.05) is 5.16 Å². The zero-order valence-electron chi connectivity index (χ0n) is 9.49. The Labute approximate surface area is 100 Å². The summed E-state index contributed by atoms with van der Waals surface area (Å²) in [6.07, 6.45) is 1.96. The monoisotopic (exact) mass is 249 g/mol. The third kappa shape index (κ3) is 2.92. The summed E-state index contributed by atoms with van der Waals surface area (Å²) in [5, 5.41) is 6.94. The second kappa shape index (κ2) is 5.10. The molecule has 1 aromatic rings. The molecule has 0 spiro atoms. The lowest BCUT2D eigenvalue weighted by molar-refractivity contribution is 0.198. The number of nitrogens with one attached hydrogen (secondary N) is 1. The van der Waals surface area contributed by atoms with Gasteiger partial charge in [-0.15, -0.1) is 12.4 Å². The van der Waals surface area contributed by atoms with Crippen LogP contribution in [-0.4, -0.2) is 23.2 Å². The van der Waals surface area contributed by atoms with Crippen LogP contribution < -0.4 is 5.32 Å². The number of piperidine rings is 1. The summed E-state index contributed by atoms with van der Waals surface area (Å²) in [5.74, 6) is 1.02. The molecule has 1 saturated heterocycles. The molecule has 1 aromatic heterocycles. The van der Waals surface area contributed by atoms with E-state index in [0.29, 0.717) is 5.89 Å².